The van der Waals surface area contributed by atoms with E-state index in [1.54, 1.807) is 6.92 Å². The Morgan fingerprint density at radius 2 is 1.67 bits per heavy atom. The van der Waals surface area contributed by atoms with E-state index in [-0.39, 0.29) is 6.54 Å². The molecule has 0 amide bonds. The van der Waals surface area contributed by atoms with Crippen molar-refractivity contribution in [2.45, 2.75) is 17.4 Å². The van der Waals surface area contributed by atoms with E-state index in [9.17, 15) is 21.8 Å². The summed E-state index contributed by atoms with van der Waals surface area (Å²) in [6, 6.07) is 0. The number of hydrogen-bond donors (Lipinski definition) is 1. The van der Waals surface area contributed by atoms with Crippen LogP contribution in [0.15, 0.2) is 0 Å². The van der Waals surface area contributed by atoms with E-state index in [0.29, 0.717) is 6.26 Å². The lowest BCUT2D eigenvalue weighted by Gasteiger charge is -2.42. The van der Waals surface area contributed by atoms with Gasteiger partial charge in [0.15, 0.2) is 0 Å². The first-order valence-electron chi connectivity index (χ1n) is 4.07. The molecular weight excluding hydrogens is 254 g/mol. The summed E-state index contributed by atoms with van der Waals surface area (Å²) in [5.74, 6) is 0. The van der Waals surface area contributed by atoms with Gasteiger partial charge in [-0.05, 0) is 12.5 Å². The van der Waals surface area contributed by atoms with Crippen LogP contribution in [0, 0.1) is 0 Å². The average molecular weight is 269 g/mol. The van der Waals surface area contributed by atoms with Crippen molar-refractivity contribution in [1.29, 1.82) is 0 Å². The highest BCUT2D eigenvalue weighted by Gasteiger charge is 2.65. The Morgan fingerprint density at radius 3 is 1.93 bits per heavy atom. The molecule has 0 spiro atoms. The average Bonchev–Trinajstić information content (AvgIpc) is 2.02. The van der Waals surface area contributed by atoms with Crippen LogP contribution in [-0.4, -0.2) is 40.0 Å². The molecule has 1 N–H and O–H groups in total. The molecule has 0 rings (SSSR count). The number of halogens is 4. The summed E-state index contributed by atoms with van der Waals surface area (Å²) in [7, 11) is -5.94. The normalized spacial score (nSPS) is 17.6. The fourth-order valence-electron chi connectivity index (χ4n) is 0.916. The van der Waals surface area contributed by atoms with Crippen molar-refractivity contribution in [2.24, 2.45) is 0 Å². The Balaban J connectivity index is 5.20. The molecule has 0 aromatic rings. The summed E-state index contributed by atoms with van der Waals surface area (Å²) in [6.45, 7) is 1.70. The third-order valence-electron chi connectivity index (χ3n) is 1.85. The standard InChI is InChI=1S/C7H15F4NOS2/c1-5-12-15(3,4)7(10,11)6(8,9)14(2)13/h12H,5H2,1-4H3. The molecule has 0 heterocycles. The molecule has 0 fully saturated rings. The van der Waals surface area contributed by atoms with Crippen LogP contribution in [0.1, 0.15) is 6.92 Å². The SMILES string of the molecule is CCNS(C)(C)C(F)(F)C(F)(F)S(C)=O. The Kier molecular flexibility index (Phi) is 4.64. The Labute approximate surface area is 90.7 Å². The van der Waals surface area contributed by atoms with Gasteiger partial charge >= 0.3 is 10.5 Å². The topological polar surface area (TPSA) is 29.1 Å². The highest BCUT2D eigenvalue weighted by Crippen LogP contribution is 2.59. The summed E-state index contributed by atoms with van der Waals surface area (Å²) >= 11 is 0. The Morgan fingerprint density at radius 1 is 1.27 bits per heavy atom. The van der Waals surface area contributed by atoms with Crippen LogP contribution in [0.25, 0.3) is 0 Å². The van der Waals surface area contributed by atoms with E-state index in [1.165, 1.54) is 0 Å². The van der Waals surface area contributed by atoms with Crippen LogP contribution in [0.5, 0.6) is 0 Å². The summed E-state index contributed by atoms with van der Waals surface area (Å²) in [5.41, 5.74) is 0. The predicted molar refractivity (Wildman–Crippen MR) is 57.1 cm³/mol. The van der Waals surface area contributed by atoms with Crippen LogP contribution in [0.3, 0.4) is 0 Å². The lowest BCUT2D eigenvalue weighted by Crippen LogP contribution is -2.50. The molecule has 0 aliphatic carbocycles. The maximum Gasteiger partial charge on any atom is 0.392 e. The van der Waals surface area contributed by atoms with Crippen LogP contribution < -0.4 is 4.72 Å². The van der Waals surface area contributed by atoms with Crippen molar-refractivity contribution < 1.29 is 21.8 Å². The minimum absolute atomic E-state index is 0.157. The lowest BCUT2D eigenvalue weighted by atomic mass is 10.7. The van der Waals surface area contributed by atoms with Gasteiger partial charge in [-0.2, -0.15) is 17.6 Å². The van der Waals surface area contributed by atoms with Crippen molar-refractivity contribution in [3.05, 3.63) is 0 Å². The number of nitrogens with one attached hydrogen (secondary N) is 1. The van der Waals surface area contributed by atoms with Gasteiger partial charge < -0.3 is 0 Å². The first-order valence-corrected chi connectivity index (χ1v) is 8.08. The summed E-state index contributed by atoms with van der Waals surface area (Å²) in [4.78, 5) is 0. The van der Waals surface area contributed by atoms with Gasteiger partial charge in [-0.3, -0.25) is 8.93 Å². The molecule has 2 nitrogen and oxygen atoms in total. The number of alkyl halides is 4. The smallest absolute Gasteiger partial charge is 0.277 e. The zero-order valence-electron chi connectivity index (χ0n) is 8.94. The van der Waals surface area contributed by atoms with Crippen molar-refractivity contribution >= 4 is 21.0 Å². The van der Waals surface area contributed by atoms with Crippen molar-refractivity contribution in [3.63, 3.8) is 0 Å². The fraction of sp³-hybridized carbons (Fsp3) is 1.00. The van der Waals surface area contributed by atoms with E-state index in [4.69, 9.17) is 0 Å². The molecule has 0 radical (unpaired) electrons. The van der Waals surface area contributed by atoms with Gasteiger partial charge in [-0.1, -0.05) is 6.92 Å². The van der Waals surface area contributed by atoms with E-state index < -0.39 is 31.5 Å². The molecule has 1 atom stereocenters. The highest BCUT2D eigenvalue weighted by atomic mass is 32.3. The zero-order valence-corrected chi connectivity index (χ0v) is 10.6. The number of rotatable bonds is 5. The molecule has 15 heavy (non-hydrogen) atoms. The molecule has 94 valence electrons. The molecule has 0 aliphatic heterocycles. The van der Waals surface area contributed by atoms with Crippen molar-refractivity contribution in [3.8, 4) is 0 Å². The maximum atomic E-state index is 13.4. The molecule has 8 heteroatoms. The molecule has 0 saturated heterocycles. The summed E-state index contributed by atoms with van der Waals surface area (Å²) < 4.78 is 66.0. The monoisotopic (exact) mass is 269 g/mol. The van der Waals surface area contributed by atoms with E-state index in [0.717, 1.165) is 12.5 Å². The van der Waals surface area contributed by atoms with Crippen LogP contribution in [-0.2, 0) is 10.8 Å². The summed E-state index contributed by atoms with van der Waals surface area (Å²) in [6.07, 6.45) is 2.66. The van der Waals surface area contributed by atoms with Gasteiger partial charge in [0.05, 0.1) is 10.8 Å². The maximum absolute atomic E-state index is 13.4. The third-order valence-corrected chi connectivity index (χ3v) is 5.50. The van der Waals surface area contributed by atoms with E-state index in [2.05, 4.69) is 4.72 Å². The van der Waals surface area contributed by atoms with Gasteiger partial charge in [-0.15, -0.1) is 10.2 Å². The molecule has 0 saturated carbocycles. The summed E-state index contributed by atoms with van der Waals surface area (Å²) in [5, 5.41) is -8.80. The Hall–Kier alpha value is 0.180. The molecular formula is C7H15F4NOS2. The third kappa shape index (κ3) is 2.65. The van der Waals surface area contributed by atoms with E-state index >= 15 is 0 Å². The highest BCUT2D eigenvalue weighted by molar-refractivity contribution is 8.32. The minimum Gasteiger partial charge on any atom is -0.277 e. The van der Waals surface area contributed by atoms with Crippen LogP contribution >= 0.6 is 10.2 Å². The van der Waals surface area contributed by atoms with Crippen molar-refractivity contribution in [1.82, 2.24) is 4.72 Å². The quantitative estimate of drug-likeness (QED) is 0.775. The van der Waals surface area contributed by atoms with Gasteiger partial charge in [0.2, 0.25) is 0 Å². The molecule has 0 aromatic carbocycles. The number of hydrogen-bond acceptors (Lipinski definition) is 2. The minimum atomic E-state index is -4.51. The molecule has 0 bridgehead atoms. The molecule has 0 aliphatic rings. The lowest BCUT2D eigenvalue weighted by molar-refractivity contribution is -0.0902. The fourth-order valence-corrected chi connectivity index (χ4v) is 3.72. The molecule has 0 aromatic heterocycles. The van der Waals surface area contributed by atoms with Crippen molar-refractivity contribution in [2.75, 3.05) is 25.3 Å². The van der Waals surface area contributed by atoms with Crippen LogP contribution in [0.2, 0.25) is 0 Å². The Bertz CT molecular complexity index is 257. The van der Waals surface area contributed by atoms with Gasteiger partial charge in [0, 0.05) is 12.8 Å². The predicted octanol–water partition coefficient (Wildman–Crippen LogP) is 2.14. The first kappa shape index (κ1) is 15.2. The second kappa shape index (κ2) is 4.58. The largest absolute Gasteiger partial charge is 0.392 e. The van der Waals surface area contributed by atoms with Gasteiger partial charge in [-0.25, -0.2) is 0 Å². The zero-order chi connectivity index (χ0) is 12.5. The second-order valence-electron chi connectivity index (χ2n) is 3.31. The van der Waals surface area contributed by atoms with Gasteiger partial charge in [0.25, 0.3) is 0 Å². The second-order valence-corrected chi connectivity index (χ2v) is 8.19. The first-order chi connectivity index (χ1) is 6.50. The molecule has 1 unspecified atom stereocenters. The van der Waals surface area contributed by atoms with Crippen LogP contribution in [0.4, 0.5) is 17.6 Å². The van der Waals surface area contributed by atoms with E-state index in [1.807, 2.05) is 0 Å². The van der Waals surface area contributed by atoms with Gasteiger partial charge in [0.1, 0.15) is 0 Å².